The van der Waals surface area contributed by atoms with Crippen molar-refractivity contribution in [2.24, 2.45) is 5.92 Å². The monoisotopic (exact) mass is 406 g/mol. The van der Waals surface area contributed by atoms with Crippen molar-refractivity contribution in [3.8, 4) is 0 Å². The first-order valence-electron chi connectivity index (χ1n) is 9.17. The van der Waals surface area contributed by atoms with E-state index in [2.05, 4.69) is 4.98 Å². The number of benzene rings is 2. The van der Waals surface area contributed by atoms with Gasteiger partial charge in [0.25, 0.3) is 0 Å². The van der Waals surface area contributed by atoms with Gasteiger partial charge in [0.15, 0.2) is 0 Å². The van der Waals surface area contributed by atoms with Gasteiger partial charge in [-0.15, -0.1) is 0 Å². The van der Waals surface area contributed by atoms with E-state index >= 15 is 0 Å². The van der Waals surface area contributed by atoms with Crippen molar-refractivity contribution < 1.29 is 0 Å². The molecule has 1 N–H and O–H groups in total. The van der Waals surface area contributed by atoms with E-state index in [0.717, 1.165) is 38.3 Å². The van der Waals surface area contributed by atoms with Gasteiger partial charge >= 0.3 is 0 Å². The summed E-state index contributed by atoms with van der Waals surface area (Å²) in [5, 5.41) is 2.18. The molecule has 3 aromatic rings. The van der Waals surface area contributed by atoms with Crippen LogP contribution in [-0.2, 0) is 6.42 Å². The van der Waals surface area contributed by atoms with Crippen LogP contribution in [0.4, 0.5) is 0 Å². The zero-order valence-corrected chi connectivity index (χ0v) is 16.7. The molecule has 0 spiro atoms. The zero-order chi connectivity index (χ0) is 18.1. The molecule has 4 rings (SSSR count). The summed E-state index contributed by atoms with van der Waals surface area (Å²) in [7, 11) is 0. The van der Waals surface area contributed by atoms with Crippen molar-refractivity contribution >= 4 is 45.8 Å². The molecule has 5 heteroatoms. The largest absolute Gasteiger partial charge is 0.342 e. The number of aromatic nitrogens is 2. The molecule has 26 heavy (non-hydrogen) atoms. The molecule has 1 aliphatic carbocycles. The number of nitrogens with one attached hydrogen (secondary N) is 1. The number of H-pyrrole nitrogens is 1. The van der Waals surface area contributed by atoms with Crippen LogP contribution in [0, 0.1) is 5.92 Å². The van der Waals surface area contributed by atoms with Crippen molar-refractivity contribution in [2.75, 3.05) is 0 Å². The number of rotatable bonds is 4. The highest BCUT2D eigenvalue weighted by Crippen LogP contribution is 2.38. The van der Waals surface area contributed by atoms with E-state index < -0.39 is 0 Å². The van der Waals surface area contributed by atoms with Gasteiger partial charge in [0.1, 0.15) is 5.82 Å². The Morgan fingerprint density at radius 3 is 2.58 bits per heavy atom. The SMILES string of the molecule is Clc1cc(Cl)cc(CCC2CCCC(c3nc4ccc(Cl)cc4[nH]3)C2)c1. The lowest BCUT2D eigenvalue weighted by molar-refractivity contribution is 0.300. The Morgan fingerprint density at radius 1 is 0.962 bits per heavy atom. The first-order valence-corrected chi connectivity index (χ1v) is 10.3. The number of nitrogens with zero attached hydrogens (tertiary/aromatic N) is 1. The predicted octanol–water partition coefficient (Wildman–Crippen LogP) is 7.43. The molecular weight excluding hydrogens is 387 g/mol. The van der Waals surface area contributed by atoms with Crippen LogP contribution in [-0.4, -0.2) is 9.97 Å². The molecule has 1 fully saturated rings. The number of halogens is 3. The van der Waals surface area contributed by atoms with E-state index in [-0.39, 0.29) is 0 Å². The number of fused-ring (bicyclic) bond motifs is 1. The molecule has 0 aliphatic heterocycles. The fourth-order valence-electron chi connectivity index (χ4n) is 4.12. The Kier molecular flexibility index (Phi) is 5.45. The lowest BCUT2D eigenvalue weighted by Gasteiger charge is -2.28. The number of hydrogen-bond acceptors (Lipinski definition) is 1. The first-order chi connectivity index (χ1) is 12.6. The number of hydrogen-bond donors (Lipinski definition) is 1. The van der Waals surface area contributed by atoms with Crippen molar-refractivity contribution in [3.05, 3.63) is 62.9 Å². The van der Waals surface area contributed by atoms with Crippen LogP contribution in [0.3, 0.4) is 0 Å². The van der Waals surface area contributed by atoms with Crippen LogP contribution in [0.25, 0.3) is 11.0 Å². The summed E-state index contributed by atoms with van der Waals surface area (Å²) in [6, 6.07) is 11.7. The number of aromatic amines is 1. The summed E-state index contributed by atoms with van der Waals surface area (Å²) in [6.07, 6.45) is 7.11. The molecule has 0 saturated heterocycles. The van der Waals surface area contributed by atoms with Gasteiger partial charge in [0.05, 0.1) is 11.0 Å². The van der Waals surface area contributed by atoms with Crippen molar-refractivity contribution in [2.45, 2.75) is 44.4 Å². The number of aryl methyl sites for hydroxylation is 1. The maximum absolute atomic E-state index is 6.12. The maximum Gasteiger partial charge on any atom is 0.110 e. The predicted molar refractivity (Wildman–Crippen MR) is 111 cm³/mol. The maximum atomic E-state index is 6.12. The normalized spacial score (nSPS) is 20.6. The Balaban J connectivity index is 1.43. The molecular formula is C21H21Cl3N2. The minimum Gasteiger partial charge on any atom is -0.342 e. The molecule has 136 valence electrons. The van der Waals surface area contributed by atoms with Crippen LogP contribution in [0.15, 0.2) is 36.4 Å². The average molecular weight is 408 g/mol. The van der Waals surface area contributed by atoms with Gasteiger partial charge in [-0.25, -0.2) is 4.98 Å². The molecule has 0 amide bonds. The molecule has 2 atom stereocenters. The average Bonchev–Trinajstić information content (AvgIpc) is 3.03. The van der Waals surface area contributed by atoms with Gasteiger partial charge < -0.3 is 4.98 Å². The first kappa shape index (κ1) is 18.2. The van der Waals surface area contributed by atoms with Crippen molar-refractivity contribution in [3.63, 3.8) is 0 Å². The Bertz CT molecular complexity index is 899. The number of imidazole rings is 1. The Labute approximate surface area is 168 Å². The van der Waals surface area contributed by atoms with E-state index in [1.807, 2.05) is 30.3 Å². The highest BCUT2D eigenvalue weighted by Gasteiger charge is 2.25. The lowest BCUT2D eigenvalue weighted by Crippen LogP contribution is -2.16. The quantitative estimate of drug-likeness (QED) is 0.478. The topological polar surface area (TPSA) is 28.7 Å². The zero-order valence-electron chi connectivity index (χ0n) is 14.4. The summed E-state index contributed by atoms with van der Waals surface area (Å²) in [6.45, 7) is 0. The molecule has 2 nitrogen and oxygen atoms in total. The van der Waals surface area contributed by atoms with Crippen LogP contribution in [0.1, 0.15) is 49.4 Å². The minimum atomic E-state index is 0.503. The van der Waals surface area contributed by atoms with E-state index in [9.17, 15) is 0 Å². The van der Waals surface area contributed by atoms with Crippen molar-refractivity contribution in [1.82, 2.24) is 9.97 Å². The van der Waals surface area contributed by atoms with Crippen LogP contribution < -0.4 is 0 Å². The van der Waals surface area contributed by atoms with Crippen LogP contribution in [0.5, 0.6) is 0 Å². The highest BCUT2D eigenvalue weighted by atomic mass is 35.5. The summed E-state index contributed by atoms with van der Waals surface area (Å²) in [5.74, 6) is 2.32. The van der Waals surface area contributed by atoms with E-state index in [1.54, 1.807) is 6.07 Å². The molecule has 0 bridgehead atoms. The minimum absolute atomic E-state index is 0.503. The van der Waals surface area contributed by atoms with Gasteiger partial charge in [-0.05, 0) is 73.6 Å². The third-order valence-corrected chi connectivity index (χ3v) is 6.07. The van der Waals surface area contributed by atoms with Gasteiger partial charge in [-0.1, -0.05) is 47.6 Å². The summed E-state index contributed by atoms with van der Waals surface area (Å²) in [4.78, 5) is 8.29. The fraction of sp³-hybridized carbons (Fsp3) is 0.381. The smallest absolute Gasteiger partial charge is 0.110 e. The van der Waals surface area contributed by atoms with Gasteiger partial charge in [-0.2, -0.15) is 0 Å². The lowest BCUT2D eigenvalue weighted by atomic mass is 9.78. The second-order valence-corrected chi connectivity index (χ2v) is 8.64. The third kappa shape index (κ3) is 4.19. The highest BCUT2D eigenvalue weighted by molar-refractivity contribution is 6.34. The van der Waals surface area contributed by atoms with E-state index in [1.165, 1.54) is 37.7 Å². The van der Waals surface area contributed by atoms with Gasteiger partial charge in [-0.3, -0.25) is 0 Å². The standard InChI is InChI=1S/C21H21Cl3N2/c22-16-6-7-19-20(12-16)26-21(25-19)15-3-1-2-13(8-15)4-5-14-9-17(23)11-18(24)10-14/h6-7,9-13,15H,1-5,8H2,(H,25,26). The third-order valence-electron chi connectivity index (χ3n) is 5.40. The van der Waals surface area contributed by atoms with Crippen LogP contribution in [0.2, 0.25) is 15.1 Å². The van der Waals surface area contributed by atoms with Crippen LogP contribution >= 0.6 is 34.8 Å². The molecule has 1 heterocycles. The fourth-order valence-corrected chi connectivity index (χ4v) is 4.87. The van der Waals surface area contributed by atoms with Gasteiger partial charge in [0, 0.05) is 21.0 Å². The van der Waals surface area contributed by atoms with E-state index in [0.29, 0.717) is 11.8 Å². The molecule has 1 aliphatic rings. The molecule has 2 unspecified atom stereocenters. The van der Waals surface area contributed by atoms with Crippen molar-refractivity contribution in [1.29, 1.82) is 0 Å². The summed E-state index contributed by atoms with van der Waals surface area (Å²) in [5.41, 5.74) is 3.26. The summed E-state index contributed by atoms with van der Waals surface area (Å²) >= 11 is 18.3. The second kappa shape index (κ2) is 7.80. The van der Waals surface area contributed by atoms with Gasteiger partial charge in [0.2, 0.25) is 0 Å². The summed E-state index contributed by atoms with van der Waals surface area (Å²) < 4.78 is 0. The Morgan fingerprint density at radius 2 is 1.77 bits per heavy atom. The molecule has 1 saturated carbocycles. The molecule has 1 aromatic heterocycles. The van der Waals surface area contributed by atoms with E-state index in [4.69, 9.17) is 39.8 Å². The second-order valence-electron chi connectivity index (χ2n) is 7.33. The molecule has 2 aromatic carbocycles. The molecule has 0 radical (unpaired) electrons. The Hall–Kier alpha value is -1.22.